The molecule has 0 saturated carbocycles. The summed E-state index contributed by atoms with van der Waals surface area (Å²) in [5.41, 5.74) is 5.88. The second-order valence-corrected chi connectivity index (χ2v) is 3.53. The van der Waals surface area contributed by atoms with Gasteiger partial charge in [-0.25, -0.2) is 0 Å². The lowest BCUT2D eigenvalue weighted by Crippen LogP contribution is -2.04. The van der Waals surface area contributed by atoms with Crippen LogP contribution in [0.25, 0.3) is 16.8 Å². The molecule has 0 heterocycles. The maximum atomic E-state index is 10.6. The largest absolute Gasteiger partial charge is 0.508 e. The summed E-state index contributed by atoms with van der Waals surface area (Å²) in [7, 11) is 0. The summed E-state index contributed by atoms with van der Waals surface area (Å²) in [6, 6.07) is 10.9. The molecule has 0 bridgehead atoms. The Hall–Kier alpha value is -2.29. The fourth-order valence-electron chi connectivity index (χ4n) is 1.53. The lowest BCUT2D eigenvalue weighted by Gasteiger charge is -2.00. The number of phenolic OH excluding ortho intramolecular Hbond substituents is 1. The summed E-state index contributed by atoms with van der Waals surface area (Å²) in [4.78, 5) is 10.6. The Morgan fingerprint density at radius 3 is 2.62 bits per heavy atom. The minimum atomic E-state index is -0.476. The molecule has 16 heavy (non-hydrogen) atoms. The number of rotatable bonds is 2. The summed E-state index contributed by atoms with van der Waals surface area (Å²) in [6.07, 6.45) is 2.95. The molecule has 3 nitrogen and oxygen atoms in total. The van der Waals surface area contributed by atoms with Gasteiger partial charge in [-0.15, -0.1) is 0 Å². The number of amides is 1. The first-order valence-corrected chi connectivity index (χ1v) is 4.85. The van der Waals surface area contributed by atoms with E-state index in [-0.39, 0.29) is 5.75 Å². The van der Waals surface area contributed by atoms with Crippen LogP contribution in [0.4, 0.5) is 0 Å². The first-order chi connectivity index (χ1) is 7.65. The molecule has 3 N–H and O–H groups in total. The number of carbonyl (C=O) groups excluding carboxylic acids is 1. The SMILES string of the molecule is NC(=O)C=Cc1ccc2ccc(O)cc2c1. The van der Waals surface area contributed by atoms with Gasteiger partial charge in [-0.1, -0.05) is 18.2 Å². The number of primary amides is 1. The molecule has 0 fully saturated rings. The van der Waals surface area contributed by atoms with Gasteiger partial charge in [0.15, 0.2) is 0 Å². The molecule has 0 aliphatic carbocycles. The predicted octanol–water partition coefficient (Wildman–Crippen LogP) is 2.04. The lowest BCUT2D eigenvalue weighted by molar-refractivity contribution is -0.113. The molecule has 0 atom stereocenters. The van der Waals surface area contributed by atoms with Gasteiger partial charge in [0.2, 0.25) is 5.91 Å². The summed E-state index contributed by atoms with van der Waals surface area (Å²) in [6.45, 7) is 0. The Bertz CT molecular complexity index is 573. The number of fused-ring (bicyclic) bond motifs is 1. The van der Waals surface area contributed by atoms with E-state index in [9.17, 15) is 9.90 Å². The van der Waals surface area contributed by atoms with E-state index in [1.807, 2.05) is 24.3 Å². The molecule has 80 valence electrons. The normalized spacial score (nSPS) is 11.0. The number of benzene rings is 2. The standard InChI is InChI=1S/C13H11NO2/c14-13(16)6-2-9-1-3-10-4-5-12(15)8-11(10)7-9/h1-8,15H,(H2,14,16). The molecule has 0 aromatic heterocycles. The molecule has 2 aromatic carbocycles. The molecule has 2 rings (SSSR count). The van der Waals surface area contributed by atoms with Crippen LogP contribution in [0.2, 0.25) is 0 Å². The number of phenols is 1. The highest BCUT2D eigenvalue weighted by molar-refractivity contribution is 5.92. The summed E-state index contributed by atoms with van der Waals surface area (Å²) < 4.78 is 0. The molecule has 0 unspecified atom stereocenters. The Labute approximate surface area is 92.8 Å². The van der Waals surface area contributed by atoms with Gasteiger partial charge >= 0.3 is 0 Å². The molecule has 1 amide bonds. The van der Waals surface area contributed by atoms with E-state index in [1.54, 1.807) is 18.2 Å². The predicted molar refractivity (Wildman–Crippen MR) is 63.8 cm³/mol. The fraction of sp³-hybridized carbons (Fsp3) is 0. The molecule has 0 saturated heterocycles. The van der Waals surface area contributed by atoms with Gasteiger partial charge in [0.25, 0.3) is 0 Å². The first-order valence-electron chi connectivity index (χ1n) is 4.85. The fourth-order valence-corrected chi connectivity index (χ4v) is 1.53. The minimum Gasteiger partial charge on any atom is -0.508 e. The van der Waals surface area contributed by atoms with E-state index in [2.05, 4.69) is 0 Å². The van der Waals surface area contributed by atoms with Crippen LogP contribution >= 0.6 is 0 Å². The van der Waals surface area contributed by atoms with Crippen molar-refractivity contribution in [3.05, 3.63) is 48.0 Å². The monoisotopic (exact) mass is 213 g/mol. The van der Waals surface area contributed by atoms with Gasteiger partial charge < -0.3 is 10.8 Å². The van der Waals surface area contributed by atoms with Gasteiger partial charge in [-0.2, -0.15) is 0 Å². The molecular weight excluding hydrogens is 202 g/mol. The second-order valence-electron chi connectivity index (χ2n) is 3.53. The number of carbonyl (C=O) groups is 1. The summed E-state index contributed by atoms with van der Waals surface area (Å²) in [5.74, 6) is -0.250. The maximum absolute atomic E-state index is 10.6. The van der Waals surface area contributed by atoms with Crippen LogP contribution in [0.5, 0.6) is 5.75 Å². The third-order valence-electron chi connectivity index (χ3n) is 2.29. The van der Waals surface area contributed by atoms with Crippen molar-refractivity contribution in [1.29, 1.82) is 0 Å². The van der Waals surface area contributed by atoms with Crippen molar-refractivity contribution in [1.82, 2.24) is 0 Å². The van der Waals surface area contributed by atoms with E-state index in [4.69, 9.17) is 5.73 Å². The van der Waals surface area contributed by atoms with Crippen molar-refractivity contribution in [3.63, 3.8) is 0 Å². The zero-order chi connectivity index (χ0) is 11.5. The highest BCUT2D eigenvalue weighted by Crippen LogP contribution is 2.21. The topological polar surface area (TPSA) is 63.3 Å². The van der Waals surface area contributed by atoms with E-state index in [0.717, 1.165) is 16.3 Å². The van der Waals surface area contributed by atoms with Crippen LogP contribution in [-0.2, 0) is 4.79 Å². The highest BCUT2D eigenvalue weighted by Gasteiger charge is 1.96. The van der Waals surface area contributed by atoms with Crippen molar-refractivity contribution in [3.8, 4) is 5.75 Å². The summed E-state index contributed by atoms with van der Waals surface area (Å²) in [5, 5.41) is 11.3. The van der Waals surface area contributed by atoms with Crippen molar-refractivity contribution < 1.29 is 9.90 Å². The van der Waals surface area contributed by atoms with Crippen LogP contribution in [0.1, 0.15) is 5.56 Å². The molecule has 0 aliphatic rings. The van der Waals surface area contributed by atoms with E-state index >= 15 is 0 Å². The van der Waals surface area contributed by atoms with E-state index in [1.165, 1.54) is 6.08 Å². The molecular formula is C13H11NO2. The van der Waals surface area contributed by atoms with Crippen LogP contribution in [-0.4, -0.2) is 11.0 Å². The maximum Gasteiger partial charge on any atom is 0.241 e. The molecule has 0 radical (unpaired) electrons. The number of hydrogen-bond donors (Lipinski definition) is 2. The average molecular weight is 213 g/mol. The second kappa shape index (κ2) is 4.06. The summed E-state index contributed by atoms with van der Waals surface area (Å²) >= 11 is 0. The van der Waals surface area contributed by atoms with Gasteiger partial charge in [0.05, 0.1) is 0 Å². The van der Waals surface area contributed by atoms with Gasteiger partial charge in [-0.05, 0) is 40.6 Å². The number of nitrogens with two attached hydrogens (primary N) is 1. The van der Waals surface area contributed by atoms with Gasteiger partial charge in [-0.3, -0.25) is 4.79 Å². The lowest BCUT2D eigenvalue weighted by atomic mass is 10.1. The quantitative estimate of drug-likeness (QED) is 0.750. The Morgan fingerprint density at radius 2 is 1.88 bits per heavy atom. The molecule has 0 aliphatic heterocycles. The first kappa shape index (κ1) is 10.2. The molecule has 0 spiro atoms. The van der Waals surface area contributed by atoms with Crippen LogP contribution < -0.4 is 5.73 Å². The third kappa shape index (κ3) is 2.20. The number of aromatic hydroxyl groups is 1. The Kier molecular flexibility index (Phi) is 2.60. The zero-order valence-electron chi connectivity index (χ0n) is 8.55. The van der Waals surface area contributed by atoms with Gasteiger partial charge in [0.1, 0.15) is 5.75 Å². The smallest absolute Gasteiger partial charge is 0.241 e. The Balaban J connectivity index is 2.46. The van der Waals surface area contributed by atoms with Gasteiger partial charge in [0, 0.05) is 6.08 Å². The minimum absolute atomic E-state index is 0.225. The highest BCUT2D eigenvalue weighted by atomic mass is 16.3. The van der Waals surface area contributed by atoms with Crippen molar-refractivity contribution in [2.24, 2.45) is 5.73 Å². The van der Waals surface area contributed by atoms with Crippen LogP contribution in [0.3, 0.4) is 0 Å². The van der Waals surface area contributed by atoms with Crippen molar-refractivity contribution in [2.75, 3.05) is 0 Å². The average Bonchev–Trinajstić information content (AvgIpc) is 2.25. The van der Waals surface area contributed by atoms with Crippen LogP contribution in [0, 0.1) is 0 Å². The number of hydrogen-bond acceptors (Lipinski definition) is 2. The Morgan fingerprint density at radius 1 is 1.12 bits per heavy atom. The van der Waals surface area contributed by atoms with E-state index in [0.29, 0.717) is 0 Å². The van der Waals surface area contributed by atoms with Crippen molar-refractivity contribution in [2.45, 2.75) is 0 Å². The van der Waals surface area contributed by atoms with Crippen LogP contribution in [0.15, 0.2) is 42.5 Å². The molecule has 3 heteroatoms. The zero-order valence-corrected chi connectivity index (χ0v) is 8.55. The van der Waals surface area contributed by atoms with Crippen molar-refractivity contribution >= 4 is 22.8 Å². The molecule has 2 aromatic rings. The van der Waals surface area contributed by atoms with E-state index < -0.39 is 5.91 Å². The third-order valence-corrected chi connectivity index (χ3v) is 2.29.